The van der Waals surface area contributed by atoms with Gasteiger partial charge in [-0.25, -0.2) is 0 Å². The lowest BCUT2D eigenvalue weighted by molar-refractivity contribution is -0.149. The molecule has 1 aromatic carbocycles. The van der Waals surface area contributed by atoms with Gasteiger partial charge in [0.15, 0.2) is 0 Å². The van der Waals surface area contributed by atoms with Crippen LogP contribution >= 0.6 is 0 Å². The molecule has 0 radical (unpaired) electrons. The summed E-state index contributed by atoms with van der Waals surface area (Å²) in [5, 5.41) is 0. The average Bonchev–Trinajstić information content (AvgIpc) is 3.07. The van der Waals surface area contributed by atoms with Crippen LogP contribution in [0, 0.1) is 5.92 Å². The van der Waals surface area contributed by atoms with Gasteiger partial charge < -0.3 is 14.5 Å². The molecule has 0 spiro atoms. The molecule has 3 aliphatic rings. The SMILES string of the molecule is O=C([C@H]1CCOc2ccccc2C1)N1CCN(C2CCCC2)C(=O)C1. The maximum atomic E-state index is 13.0. The van der Waals surface area contributed by atoms with Crippen molar-refractivity contribution in [3.05, 3.63) is 29.8 Å². The summed E-state index contributed by atoms with van der Waals surface area (Å²) in [6, 6.07) is 8.35. The molecule has 1 aliphatic carbocycles. The molecule has 5 heteroatoms. The Morgan fingerprint density at radius 2 is 1.88 bits per heavy atom. The Hall–Kier alpha value is -2.04. The van der Waals surface area contributed by atoms with E-state index in [1.165, 1.54) is 12.8 Å². The third kappa shape index (κ3) is 3.37. The molecule has 0 bridgehead atoms. The molecule has 4 rings (SSSR count). The van der Waals surface area contributed by atoms with E-state index in [-0.39, 0.29) is 24.3 Å². The van der Waals surface area contributed by atoms with Gasteiger partial charge in [-0.2, -0.15) is 0 Å². The summed E-state index contributed by atoms with van der Waals surface area (Å²) in [6.07, 6.45) is 6.10. The fourth-order valence-electron chi connectivity index (χ4n) is 4.44. The number of ether oxygens (including phenoxy) is 1. The molecule has 0 unspecified atom stereocenters. The molecular formula is C20H26N2O3. The predicted octanol–water partition coefficient (Wildman–Crippen LogP) is 2.24. The first-order valence-corrected chi connectivity index (χ1v) is 9.51. The molecule has 0 N–H and O–H groups in total. The number of benzene rings is 1. The summed E-state index contributed by atoms with van der Waals surface area (Å²) in [4.78, 5) is 29.3. The van der Waals surface area contributed by atoms with Crippen LogP contribution in [0.4, 0.5) is 0 Å². The van der Waals surface area contributed by atoms with Crippen molar-refractivity contribution < 1.29 is 14.3 Å². The Balaban J connectivity index is 1.41. The second kappa shape index (κ2) is 7.06. The topological polar surface area (TPSA) is 49.9 Å². The number of hydrogen-bond acceptors (Lipinski definition) is 3. The van der Waals surface area contributed by atoms with E-state index in [0.29, 0.717) is 38.6 Å². The van der Waals surface area contributed by atoms with Gasteiger partial charge in [0.2, 0.25) is 11.8 Å². The fourth-order valence-corrected chi connectivity index (χ4v) is 4.44. The van der Waals surface area contributed by atoms with E-state index in [4.69, 9.17) is 4.74 Å². The highest BCUT2D eigenvalue weighted by molar-refractivity contribution is 5.87. The summed E-state index contributed by atoms with van der Waals surface area (Å²) in [5.41, 5.74) is 1.09. The van der Waals surface area contributed by atoms with Crippen molar-refractivity contribution in [3.63, 3.8) is 0 Å². The normalized spacial score (nSPS) is 24.6. The van der Waals surface area contributed by atoms with E-state index in [2.05, 4.69) is 0 Å². The quantitative estimate of drug-likeness (QED) is 0.828. The minimum absolute atomic E-state index is 0.0884. The molecule has 134 valence electrons. The average molecular weight is 342 g/mol. The lowest BCUT2D eigenvalue weighted by Crippen LogP contribution is -2.56. The number of rotatable bonds is 2. The van der Waals surface area contributed by atoms with Crippen LogP contribution in [0.5, 0.6) is 5.75 Å². The second-order valence-corrected chi connectivity index (χ2v) is 7.43. The van der Waals surface area contributed by atoms with Crippen LogP contribution in [0.25, 0.3) is 0 Å². The zero-order valence-corrected chi connectivity index (χ0v) is 14.7. The maximum absolute atomic E-state index is 13.0. The van der Waals surface area contributed by atoms with E-state index in [1.807, 2.05) is 29.2 Å². The van der Waals surface area contributed by atoms with E-state index < -0.39 is 0 Å². The van der Waals surface area contributed by atoms with Crippen molar-refractivity contribution >= 4 is 11.8 Å². The molecule has 2 heterocycles. The molecule has 2 fully saturated rings. The van der Waals surface area contributed by atoms with E-state index in [0.717, 1.165) is 24.2 Å². The number of hydrogen-bond donors (Lipinski definition) is 0. The predicted molar refractivity (Wildman–Crippen MR) is 94.3 cm³/mol. The lowest BCUT2D eigenvalue weighted by Gasteiger charge is -2.38. The minimum atomic E-state index is -0.0884. The number of amides is 2. The highest BCUT2D eigenvalue weighted by Gasteiger charge is 2.35. The van der Waals surface area contributed by atoms with Gasteiger partial charge in [-0.3, -0.25) is 9.59 Å². The Bertz CT molecular complexity index is 654. The molecule has 1 aromatic rings. The van der Waals surface area contributed by atoms with Crippen LogP contribution in [-0.4, -0.2) is 53.9 Å². The summed E-state index contributed by atoms with van der Waals surface area (Å²) in [5.74, 6) is 1.03. The van der Waals surface area contributed by atoms with Crippen molar-refractivity contribution in [2.24, 2.45) is 5.92 Å². The van der Waals surface area contributed by atoms with Crippen molar-refractivity contribution in [2.75, 3.05) is 26.2 Å². The Morgan fingerprint density at radius 3 is 2.68 bits per heavy atom. The van der Waals surface area contributed by atoms with Gasteiger partial charge in [0.25, 0.3) is 0 Å². The first kappa shape index (κ1) is 16.4. The lowest BCUT2D eigenvalue weighted by atomic mass is 9.95. The van der Waals surface area contributed by atoms with Gasteiger partial charge in [0.1, 0.15) is 5.75 Å². The van der Waals surface area contributed by atoms with Crippen LogP contribution < -0.4 is 4.74 Å². The number of carbonyl (C=O) groups excluding carboxylic acids is 2. The third-order valence-corrected chi connectivity index (χ3v) is 5.85. The fraction of sp³-hybridized carbons (Fsp3) is 0.600. The van der Waals surface area contributed by atoms with Gasteiger partial charge in [0.05, 0.1) is 13.2 Å². The van der Waals surface area contributed by atoms with Crippen molar-refractivity contribution in [2.45, 2.75) is 44.6 Å². The molecule has 2 amide bonds. The monoisotopic (exact) mass is 342 g/mol. The van der Waals surface area contributed by atoms with Crippen molar-refractivity contribution in [3.8, 4) is 5.75 Å². The largest absolute Gasteiger partial charge is 0.493 e. The Labute approximate surface area is 148 Å². The molecule has 0 aromatic heterocycles. The number of piperazine rings is 1. The first-order chi connectivity index (χ1) is 12.2. The van der Waals surface area contributed by atoms with Gasteiger partial charge in [-0.05, 0) is 37.3 Å². The number of carbonyl (C=O) groups is 2. The highest BCUT2D eigenvalue weighted by Crippen LogP contribution is 2.29. The van der Waals surface area contributed by atoms with Crippen LogP contribution in [0.2, 0.25) is 0 Å². The van der Waals surface area contributed by atoms with Crippen molar-refractivity contribution in [1.82, 2.24) is 9.80 Å². The van der Waals surface area contributed by atoms with Gasteiger partial charge in [-0.1, -0.05) is 31.0 Å². The van der Waals surface area contributed by atoms with E-state index in [9.17, 15) is 9.59 Å². The molecule has 5 nitrogen and oxygen atoms in total. The van der Waals surface area contributed by atoms with Crippen molar-refractivity contribution in [1.29, 1.82) is 0 Å². The number of para-hydroxylation sites is 1. The summed E-state index contributed by atoms with van der Waals surface area (Å²) in [7, 11) is 0. The van der Waals surface area contributed by atoms with E-state index in [1.54, 1.807) is 4.90 Å². The van der Waals surface area contributed by atoms with Gasteiger partial charge in [-0.15, -0.1) is 0 Å². The number of fused-ring (bicyclic) bond motifs is 1. The molecule has 1 atom stereocenters. The Kier molecular flexibility index (Phi) is 4.64. The van der Waals surface area contributed by atoms with Crippen LogP contribution in [-0.2, 0) is 16.0 Å². The zero-order chi connectivity index (χ0) is 17.2. The maximum Gasteiger partial charge on any atom is 0.242 e. The molecule has 2 aliphatic heterocycles. The van der Waals surface area contributed by atoms with Gasteiger partial charge in [0, 0.05) is 25.0 Å². The van der Waals surface area contributed by atoms with Crippen LogP contribution in [0.15, 0.2) is 24.3 Å². The second-order valence-electron chi connectivity index (χ2n) is 7.43. The van der Waals surface area contributed by atoms with E-state index >= 15 is 0 Å². The highest BCUT2D eigenvalue weighted by atomic mass is 16.5. The molecule has 1 saturated heterocycles. The molecule has 25 heavy (non-hydrogen) atoms. The van der Waals surface area contributed by atoms with Crippen LogP contribution in [0.3, 0.4) is 0 Å². The van der Waals surface area contributed by atoms with Gasteiger partial charge >= 0.3 is 0 Å². The summed E-state index contributed by atoms with van der Waals surface area (Å²) >= 11 is 0. The zero-order valence-electron chi connectivity index (χ0n) is 14.7. The summed E-state index contributed by atoms with van der Waals surface area (Å²) < 4.78 is 5.78. The first-order valence-electron chi connectivity index (χ1n) is 9.51. The smallest absolute Gasteiger partial charge is 0.242 e. The number of nitrogens with zero attached hydrogens (tertiary/aromatic N) is 2. The minimum Gasteiger partial charge on any atom is -0.493 e. The standard InChI is InChI=1S/C20H26N2O3/c23-19-14-21(10-11-22(19)17-6-2-3-7-17)20(24)16-9-12-25-18-8-4-1-5-15(18)13-16/h1,4-5,8,16-17H,2-3,6-7,9-14H2/t16-/m0/s1. The summed E-state index contributed by atoms with van der Waals surface area (Å²) in [6.45, 7) is 2.16. The third-order valence-electron chi connectivity index (χ3n) is 5.85. The molecular weight excluding hydrogens is 316 g/mol. The van der Waals surface area contributed by atoms with Crippen LogP contribution in [0.1, 0.15) is 37.7 Å². The molecule has 1 saturated carbocycles. The Morgan fingerprint density at radius 1 is 1.08 bits per heavy atom.